The largest absolute Gasteiger partial charge is 0.497 e. The Bertz CT molecular complexity index is 1020. The molecule has 0 aliphatic heterocycles. The van der Waals surface area contributed by atoms with E-state index in [2.05, 4.69) is 66.0 Å². The molecular formula is C26H34N4O2. The molecule has 32 heavy (non-hydrogen) atoms. The van der Waals surface area contributed by atoms with Crippen LogP contribution in [0.15, 0.2) is 48.5 Å². The number of hydrogen-bond acceptors (Lipinski definition) is 6. The SMILES string of the molecule is COc1cc(CN[C@H]2CC[C@@H](Nc3cc(N(C)C)c4ccccc4n3)CC2)cc(OC)c1. The van der Waals surface area contributed by atoms with E-state index in [1.54, 1.807) is 14.2 Å². The molecule has 6 nitrogen and oxygen atoms in total. The van der Waals surface area contributed by atoms with Gasteiger partial charge < -0.3 is 25.0 Å². The second-order valence-corrected chi connectivity index (χ2v) is 8.73. The number of benzene rings is 2. The molecule has 2 aromatic carbocycles. The Morgan fingerprint density at radius 2 is 1.56 bits per heavy atom. The van der Waals surface area contributed by atoms with Crippen LogP contribution in [0, 0.1) is 0 Å². The van der Waals surface area contributed by atoms with Crippen molar-refractivity contribution in [2.24, 2.45) is 0 Å². The molecule has 0 amide bonds. The highest BCUT2D eigenvalue weighted by atomic mass is 16.5. The number of aromatic nitrogens is 1. The molecule has 0 atom stereocenters. The molecule has 0 bridgehead atoms. The fraction of sp³-hybridized carbons (Fsp3) is 0.423. The van der Waals surface area contributed by atoms with Crippen LogP contribution in [0.1, 0.15) is 31.2 Å². The van der Waals surface area contributed by atoms with E-state index in [1.165, 1.54) is 16.6 Å². The maximum absolute atomic E-state index is 5.38. The van der Waals surface area contributed by atoms with Gasteiger partial charge in [-0.05, 0) is 49.4 Å². The van der Waals surface area contributed by atoms with Crippen molar-refractivity contribution in [2.75, 3.05) is 38.5 Å². The highest BCUT2D eigenvalue weighted by Crippen LogP contribution is 2.29. The zero-order chi connectivity index (χ0) is 22.5. The predicted molar refractivity (Wildman–Crippen MR) is 132 cm³/mol. The number of nitrogens with one attached hydrogen (secondary N) is 2. The zero-order valence-corrected chi connectivity index (χ0v) is 19.5. The Balaban J connectivity index is 1.34. The van der Waals surface area contributed by atoms with E-state index < -0.39 is 0 Å². The average molecular weight is 435 g/mol. The lowest BCUT2D eigenvalue weighted by atomic mass is 9.91. The molecule has 0 radical (unpaired) electrons. The molecule has 1 fully saturated rings. The lowest BCUT2D eigenvalue weighted by Crippen LogP contribution is -2.36. The van der Waals surface area contributed by atoms with E-state index in [9.17, 15) is 0 Å². The maximum Gasteiger partial charge on any atom is 0.128 e. The molecule has 0 unspecified atom stereocenters. The van der Waals surface area contributed by atoms with Crippen molar-refractivity contribution in [3.05, 3.63) is 54.1 Å². The Labute approximate surface area is 190 Å². The molecule has 6 heteroatoms. The van der Waals surface area contributed by atoms with Crippen molar-refractivity contribution in [1.82, 2.24) is 10.3 Å². The molecule has 1 saturated carbocycles. The van der Waals surface area contributed by atoms with Crippen LogP contribution in [0.5, 0.6) is 11.5 Å². The average Bonchev–Trinajstić information content (AvgIpc) is 2.82. The summed E-state index contributed by atoms with van der Waals surface area (Å²) in [5.41, 5.74) is 3.41. The third-order valence-corrected chi connectivity index (χ3v) is 6.26. The van der Waals surface area contributed by atoms with E-state index >= 15 is 0 Å². The smallest absolute Gasteiger partial charge is 0.128 e. The second kappa shape index (κ2) is 10.1. The summed E-state index contributed by atoms with van der Waals surface area (Å²) in [4.78, 5) is 7.02. The summed E-state index contributed by atoms with van der Waals surface area (Å²) >= 11 is 0. The quantitative estimate of drug-likeness (QED) is 0.530. The van der Waals surface area contributed by atoms with Gasteiger partial charge in [0.15, 0.2) is 0 Å². The van der Waals surface area contributed by atoms with Crippen molar-refractivity contribution in [2.45, 2.75) is 44.3 Å². The Morgan fingerprint density at radius 1 is 0.906 bits per heavy atom. The molecule has 3 aromatic rings. The second-order valence-electron chi connectivity index (χ2n) is 8.73. The lowest BCUT2D eigenvalue weighted by molar-refractivity contribution is 0.351. The van der Waals surface area contributed by atoms with E-state index in [4.69, 9.17) is 14.5 Å². The lowest BCUT2D eigenvalue weighted by Gasteiger charge is -2.30. The fourth-order valence-electron chi connectivity index (χ4n) is 4.48. The third-order valence-electron chi connectivity index (χ3n) is 6.26. The zero-order valence-electron chi connectivity index (χ0n) is 19.5. The first-order valence-electron chi connectivity index (χ1n) is 11.3. The number of hydrogen-bond donors (Lipinski definition) is 2. The van der Waals surface area contributed by atoms with Crippen LogP contribution in [0.4, 0.5) is 11.5 Å². The minimum absolute atomic E-state index is 0.452. The highest BCUT2D eigenvalue weighted by Gasteiger charge is 2.21. The third kappa shape index (κ3) is 5.25. The van der Waals surface area contributed by atoms with Gasteiger partial charge in [-0.2, -0.15) is 0 Å². The minimum Gasteiger partial charge on any atom is -0.497 e. The van der Waals surface area contributed by atoms with Crippen molar-refractivity contribution < 1.29 is 9.47 Å². The minimum atomic E-state index is 0.452. The first-order valence-corrected chi connectivity index (χ1v) is 11.3. The summed E-state index contributed by atoms with van der Waals surface area (Å²) in [6.45, 7) is 0.814. The van der Waals surface area contributed by atoms with Crippen molar-refractivity contribution in [3.63, 3.8) is 0 Å². The first kappa shape index (κ1) is 22.2. The number of methoxy groups -OCH3 is 2. The van der Waals surface area contributed by atoms with Crippen molar-refractivity contribution in [1.29, 1.82) is 0 Å². The number of fused-ring (bicyclic) bond motifs is 1. The van der Waals surface area contributed by atoms with E-state index in [1.807, 2.05) is 12.1 Å². The number of anilines is 2. The number of para-hydroxylation sites is 1. The fourth-order valence-corrected chi connectivity index (χ4v) is 4.48. The van der Waals surface area contributed by atoms with Crippen molar-refractivity contribution in [3.8, 4) is 11.5 Å². The molecule has 2 N–H and O–H groups in total. The summed E-state index contributed by atoms with van der Waals surface area (Å²) in [6.07, 6.45) is 4.55. The van der Waals surface area contributed by atoms with Gasteiger partial charge in [0.05, 0.1) is 19.7 Å². The Morgan fingerprint density at radius 3 is 2.22 bits per heavy atom. The Hall–Kier alpha value is -2.99. The summed E-state index contributed by atoms with van der Waals surface area (Å²) in [5, 5.41) is 8.59. The first-order chi connectivity index (χ1) is 15.6. The van der Waals surface area contributed by atoms with E-state index in [-0.39, 0.29) is 0 Å². The molecule has 1 heterocycles. The molecule has 4 rings (SSSR count). The van der Waals surface area contributed by atoms with Crippen LogP contribution >= 0.6 is 0 Å². The molecule has 1 aromatic heterocycles. The molecule has 1 aliphatic carbocycles. The van der Waals surface area contributed by atoms with Gasteiger partial charge >= 0.3 is 0 Å². The molecule has 170 valence electrons. The van der Waals surface area contributed by atoms with E-state index in [0.29, 0.717) is 12.1 Å². The van der Waals surface area contributed by atoms with Gasteiger partial charge in [-0.3, -0.25) is 0 Å². The van der Waals surface area contributed by atoms with Crippen LogP contribution in [0.2, 0.25) is 0 Å². The number of ether oxygens (including phenoxy) is 2. The normalized spacial score (nSPS) is 18.4. The van der Waals surface area contributed by atoms with Crippen LogP contribution in [-0.4, -0.2) is 45.4 Å². The van der Waals surface area contributed by atoms with Gasteiger partial charge in [0, 0.05) is 55.9 Å². The number of nitrogens with zero attached hydrogens (tertiary/aromatic N) is 2. The summed E-state index contributed by atoms with van der Waals surface area (Å²) in [6, 6.07) is 17.5. The van der Waals surface area contributed by atoms with Gasteiger partial charge in [-0.25, -0.2) is 4.98 Å². The van der Waals surface area contributed by atoms with Crippen LogP contribution in [0.3, 0.4) is 0 Å². The predicted octanol–water partition coefficient (Wildman–Crippen LogP) is 4.83. The summed E-state index contributed by atoms with van der Waals surface area (Å²) in [7, 11) is 7.54. The highest BCUT2D eigenvalue weighted by molar-refractivity contribution is 5.93. The standard InChI is InChI=1S/C26H34N4O2/c1-30(2)25-16-26(29-24-8-6-5-7-23(24)25)28-20-11-9-19(10-12-20)27-17-18-13-21(31-3)15-22(14-18)32-4/h5-8,13-16,19-20,27H,9-12,17H2,1-4H3,(H,28,29)/t19-,20+. The maximum atomic E-state index is 5.38. The monoisotopic (exact) mass is 434 g/mol. The van der Waals surface area contributed by atoms with Gasteiger partial charge in [0.25, 0.3) is 0 Å². The molecule has 0 spiro atoms. The van der Waals surface area contributed by atoms with Crippen LogP contribution in [-0.2, 0) is 6.54 Å². The van der Waals surface area contributed by atoms with Crippen LogP contribution < -0.4 is 25.0 Å². The molecular weight excluding hydrogens is 400 g/mol. The van der Waals surface area contributed by atoms with E-state index in [0.717, 1.165) is 55.1 Å². The van der Waals surface area contributed by atoms with Gasteiger partial charge in [0.1, 0.15) is 17.3 Å². The molecule has 1 aliphatic rings. The molecule has 0 saturated heterocycles. The summed E-state index contributed by atoms with van der Waals surface area (Å²) in [5.74, 6) is 2.62. The number of pyridine rings is 1. The van der Waals surface area contributed by atoms with Gasteiger partial charge in [-0.15, -0.1) is 0 Å². The topological polar surface area (TPSA) is 58.7 Å². The van der Waals surface area contributed by atoms with Crippen molar-refractivity contribution >= 4 is 22.4 Å². The number of rotatable bonds is 8. The summed E-state index contributed by atoms with van der Waals surface area (Å²) < 4.78 is 10.8. The van der Waals surface area contributed by atoms with Gasteiger partial charge in [-0.1, -0.05) is 18.2 Å². The van der Waals surface area contributed by atoms with Crippen LogP contribution in [0.25, 0.3) is 10.9 Å². The van der Waals surface area contributed by atoms with Gasteiger partial charge in [0.2, 0.25) is 0 Å². The Kier molecular flexibility index (Phi) is 7.00.